The van der Waals surface area contributed by atoms with E-state index in [0.717, 1.165) is 34.8 Å². The molecule has 32 heavy (non-hydrogen) atoms. The van der Waals surface area contributed by atoms with Crippen LogP contribution in [0.25, 0.3) is 38.9 Å². The van der Waals surface area contributed by atoms with E-state index < -0.39 is 0 Å². The predicted octanol–water partition coefficient (Wildman–Crippen LogP) is 3.72. The van der Waals surface area contributed by atoms with Gasteiger partial charge in [0.15, 0.2) is 5.82 Å². The summed E-state index contributed by atoms with van der Waals surface area (Å²) in [4.78, 5) is 12.9. The third-order valence-electron chi connectivity index (χ3n) is 6.04. The molecule has 0 aliphatic rings. The van der Waals surface area contributed by atoms with Crippen molar-refractivity contribution in [3.63, 3.8) is 0 Å². The number of nitrogens with zero attached hydrogens (tertiary/aromatic N) is 4. The maximum absolute atomic E-state index is 14.2. The minimum absolute atomic E-state index is 0.355. The molecule has 0 atom stereocenters. The van der Waals surface area contributed by atoms with Crippen LogP contribution in [0.5, 0.6) is 0 Å². The number of nitrogens with one attached hydrogen (secondary N) is 1. The highest BCUT2D eigenvalue weighted by Crippen LogP contribution is 2.33. The Balaban J connectivity index is 1.78. The number of rotatable bonds is 6. The summed E-state index contributed by atoms with van der Waals surface area (Å²) in [7, 11) is 1.97. The lowest BCUT2D eigenvalue weighted by molar-refractivity contribution is 0.629. The van der Waals surface area contributed by atoms with Gasteiger partial charge in [0, 0.05) is 47.8 Å². The average molecular weight is 433 g/mol. The van der Waals surface area contributed by atoms with E-state index in [1.54, 1.807) is 6.07 Å². The molecule has 3 N–H and O–H groups in total. The monoisotopic (exact) mass is 432 g/mol. The van der Waals surface area contributed by atoms with E-state index in [1.807, 2.05) is 28.6 Å². The fourth-order valence-corrected chi connectivity index (χ4v) is 4.41. The minimum Gasteiger partial charge on any atom is -0.350 e. The Labute approximate surface area is 183 Å². The second kappa shape index (κ2) is 7.80. The molecular weight excluding hydrogens is 407 g/mol. The van der Waals surface area contributed by atoms with Crippen molar-refractivity contribution >= 4 is 21.8 Å². The van der Waals surface area contributed by atoms with Crippen LogP contribution in [0.2, 0.25) is 0 Å². The largest absolute Gasteiger partial charge is 0.350 e. The summed E-state index contributed by atoms with van der Waals surface area (Å²) in [5.74, 6) is 0.141. The molecule has 5 aromatic rings. The fraction of sp³-hybridized carbons (Fsp3) is 0.250. The van der Waals surface area contributed by atoms with Crippen LogP contribution in [-0.2, 0) is 20.0 Å². The van der Waals surface area contributed by atoms with E-state index in [9.17, 15) is 9.18 Å². The van der Waals surface area contributed by atoms with Crippen LogP contribution in [0.1, 0.15) is 18.9 Å². The van der Waals surface area contributed by atoms with Crippen LogP contribution >= 0.6 is 0 Å². The van der Waals surface area contributed by atoms with Crippen molar-refractivity contribution in [2.24, 2.45) is 12.8 Å². The number of hydrogen-bond donors (Lipinski definition) is 2. The Morgan fingerprint density at radius 3 is 2.69 bits per heavy atom. The molecule has 0 unspecified atom stereocenters. The number of aryl methyl sites for hydroxylation is 3. The molecule has 164 valence electrons. The molecule has 0 saturated heterocycles. The van der Waals surface area contributed by atoms with Crippen molar-refractivity contribution in [3.05, 3.63) is 70.7 Å². The van der Waals surface area contributed by atoms with Crippen LogP contribution in [0, 0.1) is 5.82 Å². The summed E-state index contributed by atoms with van der Waals surface area (Å²) in [5.41, 5.74) is 9.87. The number of nitrogens with two attached hydrogens (primary N) is 1. The second-order valence-electron chi connectivity index (χ2n) is 8.06. The Morgan fingerprint density at radius 1 is 1.09 bits per heavy atom. The molecule has 3 aromatic heterocycles. The van der Waals surface area contributed by atoms with E-state index in [2.05, 4.69) is 35.3 Å². The molecule has 0 fully saturated rings. The first-order chi connectivity index (χ1) is 15.5. The number of aromatic amines is 1. The van der Waals surface area contributed by atoms with Crippen molar-refractivity contribution < 1.29 is 4.39 Å². The molecule has 5 rings (SSSR count). The standard InChI is InChI=1S/C24H25FN6O/c1-3-15-5-7-20-17(11-15)19(13-29(20)2)23-27-28-24(32)31(23)22-14-30(10-4-9-26)21-8-6-16(25)12-18(21)22/h5-8,11-14H,3-4,9-10,26H2,1-2H3,(H,28,32). The van der Waals surface area contributed by atoms with Crippen molar-refractivity contribution in [2.75, 3.05) is 6.54 Å². The van der Waals surface area contributed by atoms with E-state index in [0.29, 0.717) is 30.0 Å². The van der Waals surface area contributed by atoms with E-state index in [-0.39, 0.29) is 11.5 Å². The highest BCUT2D eigenvalue weighted by molar-refractivity contribution is 5.96. The van der Waals surface area contributed by atoms with Crippen molar-refractivity contribution in [1.82, 2.24) is 23.9 Å². The third kappa shape index (κ3) is 3.15. The van der Waals surface area contributed by atoms with Gasteiger partial charge in [0.2, 0.25) is 0 Å². The van der Waals surface area contributed by atoms with Gasteiger partial charge in [0.25, 0.3) is 0 Å². The summed E-state index contributed by atoms with van der Waals surface area (Å²) in [6, 6.07) is 11.0. The average Bonchev–Trinajstić information content (AvgIpc) is 3.44. The molecule has 3 heterocycles. The number of fused-ring (bicyclic) bond motifs is 2. The van der Waals surface area contributed by atoms with E-state index in [1.165, 1.54) is 22.3 Å². The smallest absolute Gasteiger partial charge is 0.348 e. The highest BCUT2D eigenvalue weighted by Gasteiger charge is 2.21. The lowest BCUT2D eigenvalue weighted by Gasteiger charge is -2.05. The first-order valence-electron chi connectivity index (χ1n) is 10.8. The zero-order chi connectivity index (χ0) is 22.4. The molecule has 2 aromatic carbocycles. The summed E-state index contributed by atoms with van der Waals surface area (Å²) in [5, 5.41) is 8.64. The van der Waals surface area contributed by atoms with Crippen molar-refractivity contribution in [3.8, 4) is 17.1 Å². The molecular formula is C24H25FN6O. The van der Waals surface area contributed by atoms with Crippen molar-refractivity contribution in [2.45, 2.75) is 26.3 Å². The van der Waals surface area contributed by atoms with Crippen LogP contribution in [-0.4, -0.2) is 30.4 Å². The van der Waals surface area contributed by atoms with E-state index >= 15 is 0 Å². The van der Waals surface area contributed by atoms with Crippen LogP contribution in [0.4, 0.5) is 4.39 Å². The fourth-order valence-electron chi connectivity index (χ4n) is 4.41. The molecule has 0 spiro atoms. The predicted molar refractivity (Wildman–Crippen MR) is 125 cm³/mol. The molecule has 0 saturated carbocycles. The number of halogens is 1. The van der Waals surface area contributed by atoms with Crippen molar-refractivity contribution in [1.29, 1.82) is 0 Å². The van der Waals surface area contributed by atoms with Gasteiger partial charge < -0.3 is 14.9 Å². The molecule has 7 nitrogen and oxygen atoms in total. The minimum atomic E-state index is -0.370. The Hall–Kier alpha value is -3.65. The van der Waals surface area contributed by atoms with Gasteiger partial charge in [-0.2, -0.15) is 5.10 Å². The molecule has 0 bridgehead atoms. The van der Waals surface area contributed by atoms with Gasteiger partial charge in [-0.05, 0) is 55.3 Å². The lowest BCUT2D eigenvalue weighted by atomic mass is 10.1. The first-order valence-corrected chi connectivity index (χ1v) is 10.8. The van der Waals surface area contributed by atoms with Gasteiger partial charge in [0.1, 0.15) is 5.82 Å². The van der Waals surface area contributed by atoms with E-state index in [4.69, 9.17) is 5.73 Å². The number of hydrogen-bond acceptors (Lipinski definition) is 3. The van der Waals surface area contributed by atoms with Gasteiger partial charge in [-0.15, -0.1) is 0 Å². The normalized spacial score (nSPS) is 11.8. The Bertz CT molecular complexity index is 1500. The van der Waals surface area contributed by atoms with Gasteiger partial charge in [0.05, 0.1) is 11.2 Å². The molecule has 0 aliphatic heterocycles. The third-order valence-corrected chi connectivity index (χ3v) is 6.04. The van der Waals surface area contributed by atoms with Crippen LogP contribution < -0.4 is 11.4 Å². The van der Waals surface area contributed by atoms with Crippen LogP contribution in [0.15, 0.2) is 53.6 Å². The van der Waals surface area contributed by atoms with Gasteiger partial charge in [-0.1, -0.05) is 13.0 Å². The number of benzene rings is 2. The number of H-pyrrole nitrogens is 1. The zero-order valence-corrected chi connectivity index (χ0v) is 18.1. The SMILES string of the molecule is CCc1ccc2c(c1)c(-c1n[nH]c(=O)n1-c1cn(CCCN)c3ccc(F)cc13)cn2C. The highest BCUT2D eigenvalue weighted by atomic mass is 19.1. The van der Waals surface area contributed by atoms with Gasteiger partial charge in [-0.25, -0.2) is 18.9 Å². The summed E-state index contributed by atoms with van der Waals surface area (Å²) in [6.45, 7) is 3.33. The van der Waals surface area contributed by atoms with Gasteiger partial charge >= 0.3 is 5.69 Å². The maximum Gasteiger partial charge on any atom is 0.348 e. The maximum atomic E-state index is 14.2. The quantitative estimate of drug-likeness (QED) is 0.429. The Morgan fingerprint density at radius 2 is 1.91 bits per heavy atom. The molecule has 8 heteroatoms. The molecule has 0 aliphatic carbocycles. The summed E-state index contributed by atoms with van der Waals surface area (Å²) < 4.78 is 19.8. The summed E-state index contributed by atoms with van der Waals surface area (Å²) in [6.07, 6.45) is 5.54. The topological polar surface area (TPSA) is 86.6 Å². The molecule has 0 radical (unpaired) electrons. The second-order valence-corrected chi connectivity index (χ2v) is 8.06. The van der Waals surface area contributed by atoms with Gasteiger partial charge in [-0.3, -0.25) is 0 Å². The first kappa shape index (κ1) is 20.3. The van der Waals surface area contributed by atoms with Crippen LogP contribution in [0.3, 0.4) is 0 Å². The Kier molecular flexibility index (Phi) is 4.94. The zero-order valence-electron chi connectivity index (χ0n) is 18.1. The lowest BCUT2D eigenvalue weighted by Crippen LogP contribution is -2.15. The summed E-state index contributed by atoms with van der Waals surface area (Å²) >= 11 is 0. The molecule has 0 amide bonds. The number of aromatic nitrogens is 5.